The predicted molar refractivity (Wildman–Crippen MR) is 60.4 cm³/mol. The number of carbonyl (C=O) groups excluding carboxylic acids is 2. The van der Waals surface area contributed by atoms with Gasteiger partial charge >= 0.3 is 0 Å². The van der Waals surface area contributed by atoms with Gasteiger partial charge in [-0.15, -0.1) is 0 Å². The Bertz CT molecular complexity index is 231. The van der Waals surface area contributed by atoms with Gasteiger partial charge in [0, 0.05) is 26.1 Å². The molecule has 0 aromatic carbocycles. The molecule has 0 spiro atoms. The minimum absolute atomic E-state index is 0.108. The highest BCUT2D eigenvalue weighted by Crippen LogP contribution is 1.98. The summed E-state index contributed by atoms with van der Waals surface area (Å²) in [6.07, 6.45) is 0.631. The van der Waals surface area contributed by atoms with Crippen LogP contribution in [0.3, 0.4) is 0 Å². The van der Waals surface area contributed by atoms with Crippen molar-refractivity contribution in [3.05, 3.63) is 0 Å². The van der Waals surface area contributed by atoms with Gasteiger partial charge in [-0.05, 0) is 20.3 Å². The third-order valence-corrected chi connectivity index (χ3v) is 2.06. The Morgan fingerprint density at radius 2 is 1.94 bits per heavy atom. The lowest BCUT2D eigenvalue weighted by Gasteiger charge is -2.25. The molecule has 0 rings (SSSR count). The second-order valence-electron chi connectivity index (χ2n) is 3.87. The molecule has 0 bridgehead atoms. The molecule has 3 N–H and O–H groups in total. The van der Waals surface area contributed by atoms with Crippen LogP contribution >= 0.6 is 0 Å². The summed E-state index contributed by atoms with van der Waals surface area (Å²) in [5.41, 5.74) is 4.53. The average molecular weight is 231 g/mol. The fraction of sp³-hybridized carbons (Fsp3) is 0.800. The van der Waals surface area contributed by atoms with Crippen LogP contribution in [0, 0.1) is 0 Å². The summed E-state index contributed by atoms with van der Waals surface area (Å²) in [5, 5.41) is 8.72. The molecule has 0 aromatic heterocycles. The summed E-state index contributed by atoms with van der Waals surface area (Å²) >= 11 is 0. The molecule has 2 amide bonds. The Kier molecular flexibility index (Phi) is 7.49. The second-order valence-corrected chi connectivity index (χ2v) is 3.87. The van der Waals surface area contributed by atoms with Crippen LogP contribution in [0.15, 0.2) is 0 Å². The van der Waals surface area contributed by atoms with Gasteiger partial charge in [0.05, 0.1) is 6.54 Å². The zero-order valence-corrected chi connectivity index (χ0v) is 10.1. The number of hydrogen-bond acceptors (Lipinski definition) is 4. The van der Waals surface area contributed by atoms with Crippen molar-refractivity contribution >= 4 is 11.8 Å². The summed E-state index contributed by atoms with van der Waals surface area (Å²) in [4.78, 5) is 23.9. The Labute approximate surface area is 96.0 Å². The molecule has 0 fully saturated rings. The van der Waals surface area contributed by atoms with E-state index in [0.29, 0.717) is 13.0 Å². The number of carbonyl (C=O) groups is 2. The van der Waals surface area contributed by atoms with Crippen molar-refractivity contribution in [3.63, 3.8) is 0 Å². The van der Waals surface area contributed by atoms with E-state index in [4.69, 9.17) is 5.11 Å². The molecule has 6 heteroatoms. The zero-order chi connectivity index (χ0) is 12.6. The molecule has 0 aliphatic heterocycles. The van der Waals surface area contributed by atoms with Crippen LogP contribution in [0.4, 0.5) is 0 Å². The summed E-state index contributed by atoms with van der Waals surface area (Å²) in [5.74, 6) is -0.568. The third-order valence-electron chi connectivity index (χ3n) is 2.06. The molecule has 0 saturated heterocycles. The Morgan fingerprint density at radius 3 is 2.38 bits per heavy atom. The number of amides is 2. The second kappa shape index (κ2) is 8.06. The van der Waals surface area contributed by atoms with Crippen LogP contribution in [0.25, 0.3) is 0 Å². The number of aliphatic hydroxyl groups is 1. The maximum Gasteiger partial charge on any atom is 0.252 e. The van der Waals surface area contributed by atoms with Gasteiger partial charge in [-0.25, -0.2) is 0 Å². The van der Waals surface area contributed by atoms with Crippen molar-refractivity contribution in [2.75, 3.05) is 19.7 Å². The first-order chi connectivity index (χ1) is 7.47. The molecule has 94 valence electrons. The van der Waals surface area contributed by atoms with Gasteiger partial charge in [0.25, 0.3) is 5.91 Å². The van der Waals surface area contributed by atoms with E-state index in [1.54, 1.807) is 0 Å². The number of hydrogen-bond donors (Lipinski definition) is 3. The molecule has 0 aromatic rings. The quantitative estimate of drug-likeness (QED) is 0.525. The fourth-order valence-corrected chi connectivity index (χ4v) is 1.18. The predicted octanol–water partition coefficient (Wildman–Crippen LogP) is -0.753. The van der Waals surface area contributed by atoms with Crippen LogP contribution in [0.5, 0.6) is 0 Å². The molecule has 0 aliphatic rings. The lowest BCUT2D eigenvalue weighted by Crippen LogP contribution is -2.47. The molecule has 6 nitrogen and oxygen atoms in total. The van der Waals surface area contributed by atoms with Gasteiger partial charge in [-0.3, -0.25) is 25.3 Å². The Hall–Kier alpha value is -1.14. The third kappa shape index (κ3) is 7.19. The van der Waals surface area contributed by atoms with E-state index < -0.39 is 0 Å². The number of nitrogens with one attached hydrogen (secondary N) is 2. The number of nitrogens with zero attached hydrogens (tertiary/aromatic N) is 1. The molecular weight excluding hydrogens is 210 g/mol. The van der Waals surface area contributed by atoms with Crippen LogP contribution in [0.2, 0.25) is 0 Å². The van der Waals surface area contributed by atoms with Gasteiger partial charge in [-0.1, -0.05) is 0 Å². The van der Waals surface area contributed by atoms with E-state index in [1.165, 1.54) is 6.92 Å². The van der Waals surface area contributed by atoms with Gasteiger partial charge < -0.3 is 5.11 Å². The van der Waals surface area contributed by atoms with E-state index in [2.05, 4.69) is 10.9 Å². The minimum atomic E-state index is -0.306. The van der Waals surface area contributed by atoms with Gasteiger partial charge in [0.1, 0.15) is 0 Å². The highest BCUT2D eigenvalue weighted by Gasteiger charge is 2.13. The summed E-state index contributed by atoms with van der Waals surface area (Å²) < 4.78 is 0. The summed E-state index contributed by atoms with van der Waals surface area (Å²) in [7, 11) is 0. The summed E-state index contributed by atoms with van der Waals surface area (Å²) in [6.45, 7) is 6.24. The van der Waals surface area contributed by atoms with Crippen molar-refractivity contribution in [2.24, 2.45) is 0 Å². The maximum absolute atomic E-state index is 11.4. The molecule has 0 radical (unpaired) electrons. The number of rotatable bonds is 6. The normalized spacial score (nSPS) is 10.6. The largest absolute Gasteiger partial charge is 0.396 e. The highest BCUT2D eigenvalue weighted by molar-refractivity contribution is 5.81. The van der Waals surface area contributed by atoms with E-state index in [9.17, 15) is 9.59 Å². The van der Waals surface area contributed by atoms with Gasteiger partial charge in [0.15, 0.2) is 0 Å². The number of aliphatic hydroxyl groups excluding tert-OH is 1. The van der Waals surface area contributed by atoms with Gasteiger partial charge in [-0.2, -0.15) is 0 Å². The number of hydrazine groups is 1. The SMILES string of the molecule is CC(=O)NNC(=O)CN(CCCO)C(C)C. The van der Waals surface area contributed by atoms with Crippen molar-refractivity contribution in [3.8, 4) is 0 Å². The molecule has 0 heterocycles. The molecule has 0 saturated carbocycles. The van der Waals surface area contributed by atoms with E-state index in [0.717, 1.165) is 0 Å². The van der Waals surface area contributed by atoms with Crippen molar-refractivity contribution in [2.45, 2.75) is 33.2 Å². The lowest BCUT2D eigenvalue weighted by molar-refractivity contribution is -0.128. The van der Waals surface area contributed by atoms with Crippen molar-refractivity contribution in [1.82, 2.24) is 15.8 Å². The summed E-state index contributed by atoms with van der Waals surface area (Å²) in [6, 6.07) is 0.217. The first-order valence-electron chi connectivity index (χ1n) is 5.37. The molecule has 0 unspecified atom stereocenters. The topological polar surface area (TPSA) is 81.7 Å². The van der Waals surface area contributed by atoms with Crippen LogP contribution in [-0.4, -0.2) is 47.6 Å². The zero-order valence-electron chi connectivity index (χ0n) is 10.1. The smallest absolute Gasteiger partial charge is 0.252 e. The lowest BCUT2D eigenvalue weighted by atomic mass is 10.3. The van der Waals surface area contributed by atoms with E-state index in [-0.39, 0.29) is 31.0 Å². The fourth-order valence-electron chi connectivity index (χ4n) is 1.18. The van der Waals surface area contributed by atoms with E-state index >= 15 is 0 Å². The average Bonchev–Trinajstić information content (AvgIpc) is 2.20. The standard InChI is InChI=1S/C10H21N3O3/c1-8(2)13(5-4-6-14)7-10(16)12-11-9(3)15/h8,14H,4-7H2,1-3H3,(H,11,15)(H,12,16). The van der Waals surface area contributed by atoms with Crippen LogP contribution < -0.4 is 10.9 Å². The highest BCUT2D eigenvalue weighted by atomic mass is 16.3. The maximum atomic E-state index is 11.4. The molecule has 0 aliphatic carbocycles. The minimum Gasteiger partial charge on any atom is -0.396 e. The van der Waals surface area contributed by atoms with Crippen LogP contribution in [-0.2, 0) is 9.59 Å². The first-order valence-corrected chi connectivity index (χ1v) is 5.37. The van der Waals surface area contributed by atoms with Crippen molar-refractivity contribution in [1.29, 1.82) is 0 Å². The first kappa shape index (κ1) is 14.9. The monoisotopic (exact) mass is 231 g/mol. The van der Waals surface area contributed by atoms with Crippen LogP contribution in [0.1, 0.15) is 27.2 Å². The Balaban J connectivity index is 3.97. The van der Waals surface area contributed by atoms with E-state index in [1.807, 2.05) is 18.7 Å². The molecular formula is C10H21N3O3. The Morgan fingerprint density at radius 1 is 1.31 bits per heavy atom. The molecule has 16 heavy (non-hydrogen) atoms. The van der Waals surface area contributed by atoms with Crippen molar-refractivity contribution < 1.29 is 14.7 Å². The molecule has 0 atom stereocenters. The van der Waals surface area contributed by atoms with Gasteiger partial charge in [0.2, 0.25) is 5.91 Å².